The Morgan fingerprint density at radius 1 is 1.19 bits per heavy atom. The molecule has 1 aromatic carbocycles. The van der Waals surface area contributed by atoms with Crippen molar-refractivity contribution in [3.63, 3.8) is 0 Å². The third-order valence-electron chi connectivity index (χ3n) is 3.67. The molecule has 1 saturated heterocycles. The predicted octanol–water partition coefficient (Wildman–Crippen LogP) is 2.42. The number of benzene rings is 1. The lowest BCUT2D eigenvalue weighted by atomic mass is 10.1. The van der Waals surface area contributed by atoms with Gasteiger partial charge < -0.3 is 4.90 Å². The highest BCUT2D eigenvalue weighted by Crippen LogP contribution is 2.27. The van der Waals surface area contributed by atoms with E-state index in [1.54, 1.807) is 17.9 Å². The molecule has 0 bridgehead atoms. The Hall–Kier alpha value is -0.920. The fourth-order valence-corrected chi connectivity index (χ4v) is 4.13. The minimum absolute atomic E-state index is 0.0410. The van der Waals surface area contributed by atoms with Crippen molar-refractivity contribution >= 4 is 31.9 Å². The first-order chi connectivity index (χ1) is 9.80. The van der Waals surface area contributed by atoms with E-state index < -0.39 is 10.0 Å². The molecule has 0 atom stereocenters. The normalized spacial score (nSPS) is 16.6. The summed E-state index contributed by atoms with van der Waals surface area (Å²) in [5.74, 6) is -0.127. The van der Waals surface area contributed by atoms with Crippen molar-refractivity contribution in [1.82, 2.24) is 4.90 Å². The van der Waals surface area contributed by atoms with Crippen molar-refractivity contribution in [1.29, 1.82) is 0 Å². The Morgan fingerprint density at radius 3 is 2.29 bits per heavy atom. The lowest BCUT2D eigenvalue weighted by Crippen LogP contribution is -2.32. The van der Waals surface area contributed by atoms with Gasteiger partial charge in [0.1, 0.15) is 0 Å². The Labute approximate surface area is 133 Å². The monoisotopic (exact) mass is 374 g/mol. The second-order valence-corrected chi connectivity index (χ2v) is 7.68. The van der Waals surface area contributed by atoms with Gasteiger partial charge in [0.25, 0.3) is 5.91 Å². The van der Waals surface area contributed by atoms with Crippen molar-refractivity contribution in [3.8, 4) is 0 Å². The minimum Gasteiger partial charge on any atom is -0.339 e. The van der Waals surface area contributed by atoms with Crippen molar-refractivity contribution < 1.29 is 13.2 Å². The first kappa shape index (κ1) is 16.5. The standard InChI is InChI=1S/C14H19BrN2O3S/c1-10-8-11(9-12(13(10)15)21(16,19)20)14(18)17-6-4-2-3-5-7-17/h8-9H,2-7H2,1H3,(H2,16,19,20). The van der Waals surface area contributed by atoms with Gasteiger partial charge in [-0.15, -0.1) is 0 Å². The molecule has 0 radical (unpaired) electrons. The maximum Gasteiger partial charge on any atom is 0.253 e. The molecule has 0 saturated carbocycles. The Kier molecular flexibility index (Phi) is 5.06. The Balaban J connectivity index is 2.39. The molecule has 1 fully saturated rings. The van der Waals surface area contributed by atoms with E-state index in [0.29, 0.717) is 15.6 Å². The number of halogens is 1. The largest absolute Gasteiger partial charge is 0.339 e. The van der Waals surface area contributed by atoms with Gasteiger partial charge in [0.2, 0.25) is 10.0 Å². The van der Waals surface area contributed by atoms with Crippen LogP contribution < -0.4 is 5.14 Å². The molecular formula is C14H19BrN2O3S. The molecule has 1 amide bonds. The van der Waals surface area contributed by atoms with Crippen LogP contribution in [-0.4, -0.2) is 32.3 Å². The van der Waals surface area contributed by atoms with Crippen molar-refractivity contribution in [2.45, 2.75) is 37.5 Å². The highest BCUT2D eigenvalue weighted by molar-refractivity contribution is 9.10. The first-order valence-corrected chi connectivity index (χ1v) is 9.27. The third kappa shape index (κ3) is 3.84. The van der Waals surface area contributed by atoms with Crippen LogP contribution in [0, 0.1) is 6.92 Å². The van der Waals surface area contributed by atoms with Crippen LogP contribution in [-0.2, 0) is 10.0 Å². The highest BCUT2D eigenvalue weighted by Gasteiger charge is 2.22. The predicted molar refractivity (Wildman–Crippen MR) is 84.6 cm³/mol. The molecule has 1 aromatic rings. The van der Waals surface area contributed by atoms with E-state index in [-0.39, 0.29) is 10.8 Å². The fraction of sp³-hybridized carbons (Fsp3) is 0.500. The van der Waals surface area contributed by atoms with Crippen LogP contribution in [0.5, 0.6) is 0 Å². The summed E-state index contributed by atoms with van der Waals surface area (Å²) >= 11 is 3.22. The summed E-state index contributed by atoms with van der Waals surface area (Å²) in [5, 5.41) is 5.22. The number of sulfonamides is 1. The van der Waals surface area contributed by atoms with E-state index in [1.165, 1.54) is 6.07 Å². The number of rotatable bonds is 2. The van der Waals surface area contributed by atoms with Gasteiger partial charge in [-0.2, -0.15) is 0 Å². The Morgan fingerprint density at radius 2 is 1.76 bits per heavy atom. The minimum atomic E-state index is -3.87. The number of carbonyl (C=O) groups excluding carboxylic acids is 1. The molecule has 5 nitrogen and oxygen atoms in total. The van der Waals surface area contributed by atoms with Crippen LogP contribution >= 0.6 is 15.9 Å². The van der Waals surface area contributed by atoms with E-state index in [4.69, 9.17) is 5.14 Å². The smallest absolute Gasteiger partial charge is 0.253 e. The molecule has 7 heteroatoms. The molecule has 2 rings (SSSR count). The number of nitrogens with two attached hydrogens (primary N) is 1. The highest BCUT2D eigenvalue weighted by atomic mass is 79.9. The summed E-state index contributed by atoms with van der Waals surface area (Å²) < 4.78 is 23.7. The van der Waals surface area contributed by atoms with E-state index in [9.17, 15) is 13.2 Å². The number of nitrogens with zero attached hydrogens (tertiary/aromatic N) is 1. The fourth-order valence-electron chi connectivity index (χ4n) is 2.52. The average Bonchev–Trinajstić information content (AvgIpc) is 2.68. The zero-order chi connectivity index (χ0) is 15.6. The second-order valence-electron chi connectivity index (χ2n) is 5.36. The molecular weight excluding hydrogens is 356 g/mol. The molecule has 1 heterocycles. The molecule has 0 spiro atoms. The zero-order valence-corrected chi connectivity index (χ0v) is 14.3. The van der Waals surface area contributed by atoms with Crippen LogP contribution in [0.15, 0.2) is 21.5 Å². The number of hydrogen-bond acceptors (Lipinski definition) is 3. The topological polar surface area (TPSA) is 80.5 Å². The maximum absolute atomic E-state index is 12.6. The second kappa shape index (κ2) is 6.46. The van der Waals surface area contributed by atoms with E-state index in [2.05, 4.69) is 15.9 Å². The molecule has 0 unspecified atom stereocenters. The van der Waals surface area contributed by atoms with Gasteiger partial charge in [-0.05, 0) is 53.4 Å². The Bertz CT molecular complexity index is 650. The van der Waals surface area contributed by atoms with Crippen LogP contribution in [0.1, 0.15) is 41.6 Å². The summed E-state index contributed by atoms with van der Waals surface area (Å²) in [6, 6.07) is 3.06. The van der Waals surface area contributed by atoms with Crippen molar-refractivity contribution in [3.05, 3.63) is 27.7 Å². The van der Waals surface area contributed by atoms with Gasteiger partial charge in [-0.1, -0.05) is 12.8 Å². The molecule has 1 aliphatic rings. The van der Waals surface area contributed by atoms with Gasteiger partial charge in [-0.3, -0.25) is 4.79 Å². The van der Waals surface area contributed by atoms with Crippen molar-refractivity contribution in [2.24, 2.45) is 5.14 Å². The summed E-state index contributed by atoms with van der Waals surface area (Å²) in [5.41, 5.74) is 1.06. The molecule has 0 aromatic heterocycles. The van der Waals surface area contributed by atoms with Gasteiger partial charge in [0.15, 0.2) is 0 Å². The number of carbonyl (C=O) groups is 1. The lowest BCUT2D eigenvalue weighted by molar-refractivity contribution is 0.0761. The van der Waals surface area contributed by atoms with E-state index in [1.807, 2.05) is 0 Å². The van der Waals surface area contributed by atoms with Gasteiger partial charge >= 0.3 is 0 Å². The first-order valence-electron chi connectivity index (χ1n) is 6.93. The maximum atomic E-state index is 12.6. The summed E-state index contributed by atoms with van der Waals surface area (Å²) in [6.07, 6.45) is 4.24. The SMILES string of the molecule is Cc1cc(C(=O)N2CCCCCC2)cc(S(N)(=O)=O)c1Br. The quantitative estimate of drug-likeness (QED) is 0.862. The lowest BCUT2D eigenvalue weighted by Gasteiger charge is -2.21. The summed E-state index contributed by atoms with van der Waals surface area (Å²) in [4.78, 5) is 14.3. The summed E-state index contributed by atoms with van der Waals surface area (Å²) in [7, 11) is -3.87. The number of hydrogen-bond donors (Lipinski definition) is 1. The number of amides is 1. The van der Waals surface area contributed by atoms with Crippen LogP contribution in [0.2, 0.25) is 0 Å². The van der Waals surface area contributed by atoms with Gasteiger partial charge in [0, 0.05) is 23.1 Å². The zero-order valence-electron chi connectivity index (χ0n) is 11.9. The molecule has 2 N–H and O–H groups in total. The number of primary sulfonamides is 1. The van der Waals surface area contributed by atoms with Crippen LogP contribution in [0.4, 0.5) is 0 Å². The van der Waals surface area contributed by atoms with Gasteiger partial charge in [-0.25, -0.2) is 13.6 Å². The summed E-state index contributed by atoms with van der Waals surface area (Å²) in [6.45, 7) is 3.19. The number of likely N-dealkylation sites (tertiary alicyclic amines) is 1. The van der Waals surface area contributed by atoms with Crippen molar-refractivity contribution in [2.75, 3.05) is 13.1 Å². The van der Waals surface area contributed by atoms with Crippen LogP contribution in [0.25, 0.3) is 0 Å². The molecule has 21 heavy (non-hydrogen) atoms. The molecule has 116 valence electrons. The average molecular weight is 375 g/mol. The van der Waals surface area contributed by atoms with Crippen LogP contribution in [0.3, 0.4) is 0 Å². The van der Waals surface area contributed by atoms with E-state index in [0.717, 1.165) is 38.8 Å². The molecule has 0 aliphatic carbocycles. The number of aryl methyl sites for hydroxylation is 1. The molecule has 1 aliphatic heterocycles. The van der Waals surface area contributed by atoms with E-state index >= 15 is 0 Å². The third-order valence-corrected chi connectivity index (χ3v) is 5.92. The van der Waals surface area contributed by atoms with Gasteiger partial charge in [0.05, 0.1) is 4.90 Å².